The number of hydrogen-bond acceptors (Lipinski definition) is 3. The number of nitrogens with zero attached hydrogens (tertiary/aromatic N) is 1. The Balaban J connectivity index is 1.30. The minimum absolute atomic E-state index is 0.0754. The summed E-state index contributed by atoms with van der Waals surface area (Å²) in [6.45, 7) is 5.23. The van der Waals surface area contributed by atoms with Gasteiger partial charge in [0.25, 0.3) is 0 Å². The number of benzene rings is 2. The van der Waals surface area contributed by atoms with Crippen LogP contribution in [0.3, 0.4) is 0 Å². The molecular weight excluding hydrogens is 499 g/mol. The third-order valence-corrected chi connectivity index (χ3v) is 11.1. The number of alkyl halides is 3. The van der Waals surface area contributed by atoms with Crippen LogP contribution in [-0.2, 0) is 12.8 Å². The van der Waals surface area contributed by atoms with E-state index in [0.29, 0.717) is 12.8 Å². The number of likely N-dealkylation sites (tertiary alicyclic amines) is 1. The molecule has 3 aliphatic carbocycles. The molecule has 2 aromatic rings. The number of aryl methyl sites for hydroxylation is 2. The molecule has 1 saturated heterocycles. The first-order valence-electron chi connectivity index (χ1n) is 15.0. The molecule has 0 unspecified atom stereocenters. The van der Waals surface area contributed by atoms with Gasteiger partial charge in [-0.05, 0) is 135 Å². The second-order valence-corrected chi connectivity index (χ2v) is 13.1. The SMILES string of the molecule is C[C@]12C[C@H](c3ccc(CCCN4CCCCC4)cc3)[C@@H]3c4ccc(O)cc4CC[C@H]3[C@@H]1CC[C@@]2(O)C(F)(F)F. The van der Waals surface area contributed by atoms with E-state index in [1.165, 1.54) is 43.5 Å². The zero-order valence-electron chi connectivity index (χ0n) is 23.0. The van der Waals surface area contributed by atoms with Gasteiger partial charge in [0.05, 0.1) is 0 Å². The fourth-order valence-electron chi connectivity index (χ4n) is 9.11. The zero-order valence-corrected chi connectivity index (χ0v) is 23.0. The van der Waals surface area contributed by atoms with Gasteiger partial charge < -0.3 is 15.1 Å². The highest BCUT2D eigenvalue weighted by molar-refractivity contribution is 5.44. The summed E-state index contributed by atoms with van der Waals surface area (Å²) in [6.07, 6.45) is 3.45. The third-order valence-electron chi connectivity index (χ3n) is 11.1. The number of phenols is 1. The maximum absolute atomic E-state index is 14.4. The van der Waals surface area contributed by atoms with Gasteiger partial charge in [-0.25, -0.2) is 0 Å². The predicted octanol–water partition coefficient (Wildman–Crippen LogP) is 7.35. The van der Waals surface area contributed by atoms with E-state index in [-0.39, 0.29) is 35.8 Å². The van der Waals surface area contributed by atoms with Gasteiger partial charge in [-0.2, -0.15) is 13.2 Å². The summed E-state index contributed by atoms with van der Waals surface area (Å²) in [4.78, 5) is 2.55. The van der Waals surface area contributed by atoms with E-state index in [1.54, 1.807) is 13.0 Å². The normalized spacial score (nSPS) is 34.8. The lowest BCUT2D eigenvalue weighted by Gasteiger charge is -2.56. The molecule has 6 rings (SSSR count). The summed E-state index contributed by atoms with van der Waals surface area (Å²) < 4.78 is 43.3. The van der Waals surface area contributed by atoms with Gasteiger partial charge >= 0.3 is 6.18 Å². The van der Waals surface area contributed by atoms with E-state index in [2.05, 4.69) is 29.2 Å². The van der Waals surface area contributed by atoms with Crippen molar-refractivity contribution < 1.29 is 23.4 Å². The van der Waals surface area contributed by atoms with E-state index in [4.69, 9.17) is 0 Å². The number of fused-ring (bicyclic) bond motifs is 5. The molecule has 0 spiro atoms. The lowest BCUT2D eigenvalue weighted by Crippen LogP contribution is -2.59. The number of halogens is 3. The Morgan fingerprint density at radius 1 is 1.00 bits per heavy atom. The molecule has 0 bridgehead atoms. The lowest BCUT2D eigenvalue weighted by molar-refractivity contribution is -0.301. The highest BCUT2D eigenvalue weighted by atomic mass is 19.4. The summed E-state index contributed by atoms with van der Waals surface area (Å²) in [6, 6.07) is 14.2. The second-order valence-electron chi connectivity index (χ2n) is 13.1. The first-order valence-corrected chi connectivity index (χ1v) is 15.0. The minimum atomic E-state index is -4.65. The molecule has 0 aromatic heterocycles. The first-order chi connectivity index (χ1) is 18.6. The molecule has 3 nitrogen and oxygen atoms in total. The molecule has 1 aliphatic heterocycles. The highest BCUT2D eigenvalue weighted by Crippen LogP contribution is 2.70. The molecule has 212 valence electrons. The molecule has 4 aliphatic rings. The Hall–Kier alpha value is -2.05. The van der Waals surface area contributed by atoms with E-state index in [0.717, 1.165) is 43.4 Å². The monoisotopic (exact) mass is 541 g/mol. The van der Waals surface area contributed by atoms with Crippen LogP contribution in [0.5, 0.6) is 5.75 Å². The van der Waals surface area contributed by atoms with Crippen LogP contribution in [0.25, 0.3) is 0 Å². The van der Waals surface area contributed by atoms with Crippen LogP contribution in [-0.4, -0.2) is 46.5 Å². The van der Waals surface area contributed by atoms with E-state index in [1.807, 2.05) is 12.1 Å². The van der Waals surface area contributed by atoms with E-state index < -0.39 is 17.2 Å². The van der Waals surface area contributed by atoms with Crippen molar-refractivity contribution in [3.05, 3.63) is 64.7 Å². The van der Waals surface area contributed by atoms with Gasteiger partial charge in [0.1, 0.15) is 5.75 Å². The van der Waals surface area contributed by atoms with Crippen molar-refractivity contribution in [3.8, 4) is 5.75 Å². The quantitative estimate of drug-likeness (QED) is 0.416. The van der Waals surface area contributed by atoms with Crippen molar-refractivity contribution in [1.29, 1.82) is 0 Å². The number of hydrogen-bond donors (Lipinski definition) is 2. The summed E-state index contributed by atoms with van der Waals surface area (Å²) in [5.74, 6) is 0.112. The average Bonchev–Trinajstić information content (AvgIpc) is 3.20. The van der Waals surface area contributed by atoms with Gasteiger partial charge in [-0.15, -0.1) is 0 Å². The van der Waals surface area contributed by atoms with Gasteiger partial charge in [-0.1, -0.05) is 43.7 Å². The number of aromatic hydroxyl groups is 1. The van der Waals surface area contributed by atoms with E-state index in [9.17, 15) is 23.4 Å². The van der Waals surface area contributed by atoms with Crippen molar-refractivity contribution in [2.24, 2.45) is 17.3 Å². The van der Waals surface area contributed by atoms with Gasteiger partial charge in [0.2, 0.25) is 0 Å². The molecule has 6 heteroatoms. The maximum Gasteiger partial charge on any atom is 0.417 e. The molecule has 0 amide bonds. The molecule has 2 aromatic carbocycles. The van der Waals surface area contributed by atoms with Crippen molar-refractivity contribution in [1.82, 2.24) is 4.90 Å². The number of rotatable bonds is 5. The Bertz CT molecular complexity index is 1170. The van der Waals surface area contributed by atoms with Crippen LogP contribution in [0.15, 0.2) is 42.5 Å². The Morgan fingerprint density at radius 2 is 1.74 bits per heavy atom. The largest absolute Gasteiger partial charge is 0.508 e. The van der Waals surface area contributed by atoms with Crippen LogP contribution in [0.4, 0.5) is 13.2 Å². The van der Waals surface area contributed by atoms with Gasteiger partial charge in [-0.3, -0.25) is 0 Å². The van der Waals surface area contributed by atoms with Crippen LogP contribution < -0.4 is 0 Å². The number of phenolic OH excluding ortho intramolecular Hbond substituents is 1. The zero-order chi connectivity index (χ0) is 27.4. The Labute approximate surface area is 230 Å². The van der Waals surface area contributed by atoms with Gasteiger partial charge in [0, 0.05) is 5.41 Å². The molecule has 3 fully saturated rings. The molecular formula is C33H42F3NO2. The third kappa shape index (κ3) is 4.60. The maximum atomic E-state index is 14.4. The van der Waals surface area contributed by atoms with E-state index >= 15 is 0 Å². The molecule has 39 heavy (non-hydrogen) atoms. The first kappa shape index (κ1) is 27.1. The molecule has 2 N–H and O–H groups in total. The molecule has 1 heterocycles. The van der Waals surface area contributed by atoms with Crippen molar-refractivity contribution in [2.75, 3.05) is 19.6 Å². The molecule has 6 atom stereocenters. The minimum Gasteiger partial charge on any atom is -0.508 e. The second kappa shape index (κ2) is 10.1. The van der Waals surface area contributed by atoms with Crippen molar-refractivity contribution in [2.45, 2.75) is 94.7 Å². The Kier molecular flexibility index (Phi) is 7.03. The summed E-state index contributed by atoms with van der Waals surface area (Å²) in [5, 5.41) is 21.4. The topological polar surface area (TPSA) is 43.7 Å². The fraction of sp³-hybridized carbons (Fsp3) is 0.636. The van der Waals surface area contributed by atoms with Crippen molar-refractivity contribution >= 4 is 0 Å². The number of aliphatic hydroxyl groups is 1. The lowest BCUT2D eigenvalue weighted by atomic mass is 9.49. The van der Waals surface area contributed by atoms with Crippen molar-refractivity contribution in [3.63, 3.8) is 0 Å². The average molecular weight is 542 g/mol. The molecule has 2 saturated carbocycles. The van der Waals surface area contributed by atoms with Crippen LogP contribution in [0, 0.1) is 17.3 Å². The number of piperidine rings is 1. The van der Waals surface area contributed by atoms with Crippen LogP contribution in [0.1, 0.15) is 92.4 Å². The smallest absolute Gasteiger partial charge is 0.417 e. The Morgan fingerprint density at radius 3 is 2.46 bits per heavy atom. The standard InChI is InChI=1S/C33H42F3NO2/c1-31-21-28(23-9-7-22(8-10-23)6-5-19-37-17-3-2-4-18-37)30-26-14-12-25(38)20-24(26)11-13-27(30)29(31)15-16-32(31,39)33(34,35)36/h7-10,12,14,20,27-30,38-39H,2-6,11,13,15-19,21H2,1H3/t27-,28+,29-,30+,31-,32-/m0/s1. The summed E-state index contributed by atoms with van der Waals surface area (Å²) >= 11 is 0. The van der Waals surface area contributed by atoms with Crippen LogP contribution in [0.2, 0.25) is 0 Å². The van der Waals surface area contributed by atoms with Gasteiger partial charge in [0.15, 0.2) is 5.60 Å². The summed E-state index contributed by atoms with van der Waals surface area (Å²) in [5.41, 5.74) is 0.749. The fourth-order valence-corrected chi connectivity index (χ4v) is 9.11. The predicted molar refractivity (Wildman–Crippen MR) is 147 cm³/mol. The summed E-state index contributed by atoms with van der Waals surface area (Å²) in [7, 11) is 0. The van der Waals surface area contributed by atoms with Crippen LogP contribution >= 0.6 is 0 Å². The molecule has 0 radical (unpaired) electrons. The highest BCUT2D eigenvalue weighted by Gasteiger charge is 2.72.